The standard InChI is InChI=1S/C23H34/c1-16-7-9-18-17(15-16)8-10-20-22(18,4)14-11-19-21(2,3)12-6-13-23(19,20)5/h7,9,15,19-20H,6,8,10-14H2,1-5H3/t19?,20?,22-,23-/m0/s1. The summed E-state index contributed by atoms with van der Waals surface area (Å²) in [7, 11) is 0. The van der Waals surface area contributed by atoms with Crippen LogP contribution in [0.2, 0.25) is 0 Å². The SMILES string of the molecule is Cc1ccc2c(c1)CCC1[C@@]3(C)CCCC(C)(C)C3CC[C@@]21C. The van der Waals surface area contributed by atoms with Crippen LogP contribution in [0.5, 0.6) is 0 Å². The van der Waals surface area contributed by atoms with Gasteiger partial charge in [0.2, 0.25) is 0 Å². The molecule has 1 aromatic rings. The molecule has 4 rings (SSSR count). The minimum Gasteiger partial charge on any atom is -0.0596 e. The lowest BCUT2D eigenvalue weighted by Gasteiger charge is -2.64. The van der Waals surface area contributed by atoms with E-state index in [1.807, 2.05) is 0 Å². The van der Waals surface area contributed by atoms with Gasteiger partial charge in [-0.25, -0.2) is 0 Å². The predicted molar refractivity (Wildman–Crippen MR) is 98.8 cm³/mol. The Hall–Kier alpha value is -0.780. The van der Waals surface area contributed by atoms with E-state index in [-0.39, 0.29) is 0 Å². The molecule has 0 bridgehead atoms. The van der Waals surface area contributed by atoms with Crippen molar-refractivity contribution in [3.05, 3.63) is 34.9 Å². The van der Waals surface area contributed by atoms with Gasteiger partial charge in [0.05, 0.1) is 0 Å². The van der Waals surface area contributed by atoms with E-state index in [1.54, 1.807) is 11.1 Å². The molecule has 2 unspecified atom stereocenters. The van der Waals surface area contributed by atoms with Crippen LogP contribution in [0, 0.1) is 29.6 Å². The fourth-order valence-electron chi connectivity index (χ4n) is 7.41. The Kier molecular flexibility index (Phi) is 3.33. The van der Waals surface area contributed by atoms with Gasteiger partial charge in [0.25, 0.3) is 0 Å². The molecule has 0 spiro atoms. The van der Waals surface area contributed by atoms with E-state index in [1.165, 1.54) is 50.5 Å². The maximum Gasteiger partial charge on any atom is -0.00388 e. The Balaban J connectivity index is 1.80. The first-order valence-electron chi connectivity index (χ1n) is 9.87. The van der Waals surface area contributed by atoms with Crippen LogP contribution in [0.25, 0.3) is 0 Å². The Morgan fingerprint density at radius 2 is 1.70 bits per heavy atom. The molecule has 0 saturated heterocycles. The Morgan fingerprint density at radius 3 is 2.48 bits per heavy atom. The number of benzene rings is 1. The zero-order valence-corrected chi connectivity index (χ0v) is 15.8. The van der Waals surface area contributed by atoms with Gasteiger partial charge in [0.1, 0.15) is 0 Å². The molecule has 2 saturated carbocycles. The van der Waals surface area contributed by atoms with E-state index < -0.39 is 0 Å². The average molecular weight is 311 g/mol. The van der Waals surface area contributed by atoms with Gasteiger partial charge in [-0.05, 0) is 84.7 Å². The molecule has 3 aliphatic carbocycles. The third-order valence-electron chi connectivity index (χ3n) is 8.37. The van der Waals surface area contributed by atoms with E-state index >= 15 is 0 Å². The minimum absolute atomic E-state index is 0.417. The number of hydrogen-bond acceptors (Lipinski definition) is 0. The van der Waals surface area contributed by atoms with E-state index in [2.05, 4.69) is 52.8 Å². The van der Waals surface area contributed by atoms with E-state index in [9.17, 15) is 0 Å². The highest BCUT2D eigenvalue weighted by molar-refractivity contribution is 5.41. The zero-order chi connectivity index (χ0) is 16.5. The Labute approximate surface area is 143 Å². The first-order valence-corrected chi connectivity index (χ1v) is 9.87. The molecule has 0 N–H and O–H groups in total. The summed E-state index contributed by atoms with van der Waals surface area (Å²) in [6.45, 7) is 12.6. The summed E-state index contributed by atoms with van der Waals surface area (Å²) in [4.78, 5) is 0. The fourth-order valence-corrected chi connectivity index (χ4v) is 7.41. The van der Waals surface area contributed by atoms with Gasteiger partial charge in [0, 0.05) is 0 Å². The lowest BCUT2D eigenvalue weighted by Crippen LogP contribution is -2.57. The molecule has 0 aliphatic heterocycles. The summed E-state index contributed by atoms with van der Waals surface area (Å²) in [6, 6.07) is 7.30. The fraction of sp³-hybridized carbons (Fsp3) is 0.739. The molecule has 1 aromatic carbocycles. The van der Waals surface area contributed by atoms with Crippen molar-refractivity contribution in [2.24, 2.45) is 22.7 Å². The van der Waals surface area contributed by atoms with Crippen LogP contribution >= 0.6 is 0 Å². The van der Waals surface area contributed by atoms with Crippen molar-refractivity contribution in [2.45, 2.75) is 85.0 Å². The molecule has 126 valence electrons. The van der Waals surface area contributed by atoms with Crippen LogP contribution < -0.4 is 0 Å². The molecule has 0 amide bonds. The van der Waals surface area contributed by atoms with Gasteiger partial charge in [-0.3, -0.25) is 0 Å². The molecule has 0 radical (unpaired) electrons. The Morgan fingerprint density at radius 1 is 0.913 bits per heavy atom. The number of hydrogen-bond donors (Lipinski definition) is 0. The topological polar surface area (TPSA) is 0 Å². The zero-order valence-electron chi connectivity index (χ0n) is 15.8. The lowest BCUT2D eigenvalue weighted by atomic mass is 9.40. The summed E-state index contributed by atoms with van der Waals surface area (Å²) >= 11 is 0. The summed E-state index contributed by atoms with van der Waals surface area (Å²) in [5, 5.41) is 0. The smallest absolute Gasteiger partial charge is 0.00388 e. The third kappa shape index (κ3) is 2.09. The summed E-state index contributed by atoms with van der Waals surface area (Å²) < 4.78 is 0. The molecule has 3 aliphatic rings. The largest absolute Gasteiger partial charge is 0.0596 e. The summed E-state index contributed by atoms with van der Waals surface area (Å²) in [5.74, 6) is 1.80. The van der Waals surface area contributed by atoms with Crippen molar-refractivity contribution in [3.8, 4) is 0 Å². The molecular formula is C23H34. The van der Waals surface area contributed by atoms with Crippen LogP contribution in [0.1, 0.15) is 82.9 Å². The van der Waals surface area contributed by atoms with Gasteiger partial charge in [0.15, 0.2) is 0 Å². The van der Waals surface area contributed by atoms with Crippen LogP contribution in [-0.2, 0) is 11.8 Å². The minimum atomic E-state index is 0.417. The molecule has 0 aromatic heterocycles. The highest BCUT2D eigenvalue weighted by Crippen LogP contribution is 2.66. The second kappa shape index (κ2) is 4.87. The van der Waals surface area contributed by atoms with E-state index in [4.69, 9.17) is 0 Å². The highest BCUT2D eigenvalue weighted by Gasteiger charge is 2.59. The Bertz CT molecular complexity index is 625. The van der Waals surface area contributed by atoms with Crippen molar-refractivity contribution < 1.29 is 0 Å². The molecular weight excluding hydrogens is 276 g/mol. The first kappa shape index (κ1) is 15.7. The molecule has 0 heteroatoms. The van der Waals surface area contributed by atoms with Gasteiger partial charge in [-0.15, -0.1) is 0 Å². The van der Waals surface area contributed by atoms with Crippen LogP contribution in [0.3, 0.4) is 0 Å². The quantitative estimate of drug-likeness (QED) is 0.517. The van der Waals surface area contributed by atoms with Crippen LogP contribution in [0.4, 0.5) is 0 Å². The molecule has 0 nitrogen and oxygen atoms in total. The summed E-state index contributed by atoms with van der Waals surface area (Å²) in [5.41, 5.74) is 6.30. The third-order valence-corrected chi connectivity index (χ3v) is 8.37. The number of rotatable bonds is 0. The predicted octanol–water partition coefficient (Wildman–Crippen LogP) is 6.44. The maximum atomic E-state index is 2.67. The lowest BCUT2D eigenvalue weighted by molar-refractivity contribution is -0.110. The number of fused-ring (bicyclic) bond motifs is 5. The normalized spacial score (nSPS) is 41.6. The first-order chi connectivity index (χ1) is 10.8. The average Bonchev–Trinajstić information content (AvgIpc) is 2.45. The van der Waals surface area contributed by atoms with Crippen LogP contribution in [0.15, 0.2) is 18.2 Å². The van der Waals surface area contributed by atoms with E-state index in [0.717, 1.165) is 11.8 Å². The van der Waals surface area contributed by atoms with Crippen molar-refractivity contribution in [2.75, 3.05) is 0 Å². The summed E-state index contributed by atoms with van der Waals surface area (Å²) in [6.07, 6.45) is 9.89. The van der Waals surface area contributed by atoms with Crippen molar-refractivity contribution in [1.29, 1.82) is 0 Å². The molecule has 4 atom stereocenters. The van der Waals surface area contributed by atoms with Gasteiger partial charge >= 0.3 is 0 Å². The van der Waals surface area contributed by atoms with Crippen molar-refractivity contribution >= 4 is 0 Å². The van der Waals surface area contributed by atoms with Crippen LogP contribution in [-0.4, -0.2) is 0 Å². The van der Waals surface area contributed by atoms with Gasteiger partial charge in [-0.1, -0.05) is 57.9 Å². The molecule has 0 heterocycles. The second-order valence-corrected chi connectivity index (χ2v) is 10.1. The highest BCUT2D eigenvalue weighted by atomic mass is 14.6. The van der Waals surface area contributed by atoms with Crippen molar-refractivity contribution in [3.63, 3.8) is 0 Å². The molecule has 2 fully saturated rings. The molecule has 23 heavy (non-hydrogen) atoms. The van der Waals surface area contributed by atoms with Gasteiger partial charge in [-0.2, -0.15) is 0 Å². The van der Waals surface area contributed by atoms with Crippen molar-refractivity contribution in [1.82, 2.24) is 0 Å². The number of aryl methyl sites for hydroxylation is 2. The van der Waals surface area contributed by atoms with Gasteiger partial charge < -0.3 is 0 Å². The maximum absolute atomic E-state index is 2.67. The monoisotopic (exact) mass is 310 g/mol. The second-order valence-electron chi connectivity index (χ2n) is 10.1. The van der Waals surface area contributed by atoms with E-state index in [0.29, 0.717) is 16.2 Å².